The number of thiazole rings is 1. The van der Waals surface area contributed by atoms with E-state index < -0.39 is 11.9 Å². The fourth-order valence-corrected chi connectivity index (χ4v) is 2.03. The molecule has 7 heteroatoms. The van der Waals surface area contributed by atoms with Gasteiger partial charge in [0.2, 0.25) is 5.91 Å². The number of nitrogens with one attached hydrogen (secondary N) is 1. The van der Waals surface area contributed by atoms with Crippen molar-refractivity contribution >= 4 is 28.8 Å². The predicted molar refractivity (Wildman–Crippen MR) is 58.9 cm³/mol. The Kier molecular flexibility index (Phi) is 4.97. The zero-order valence-electron chi connectivity index (χ0n) is 8.20. The monoisotopic (exact) mass is 249 g/mol. The van der Waals surface area contributed by atoms with Crippen LogP contribution in [0, 0.1) is 0 Å². The number of methoxy groups -OCH3 is 1. The van der Waals surface area contributed by atoms with Crippen LogP contribution in [0.15, 0.2) is 6.20 Å². The number of primary amides is 1. The van der Waals surface area contributed by atoms with Crippen LogP contribution < -0.4 is 11.1 Å². The molecule has 84 valence electrons. The van der Waals surface area contributed by atoms with Gasteiger partial charge in [-0.05, 0) is 0 Å². The van der Waals surface area contributed by atoms with Crippen molar-refractivity contribution in [1.29, 1.82) is 0 Å². The Labute approximate surface area is 96.6 Å². The molecule has 1 aromatic heterocycles. The Hall–Kier alpha value is -0.690. The number of ether oxygens (including phenoxy) is 1. The van der Waals surface area contributed by atoms with Gasteiger partial charge in [-0.2, -0.15) is 0 Å². The zero-order valence-corrected chi connectivity index (χ0v) is 9.77. The summed E-state index contributed by atoms with van der Waals surface area (Å²) < 4.78 is 5.39. The van der Waals surface area contributed by atoms with E-state index in [2.05, 4.69) is 10.3 Å². The van der Waals surface area contributed by atoms with Gasteiger partial charge in [0.25, 0.3) is 0 Å². The molecule has 0 fully saturated rings. The van der Waals surface area contributed by atoms with Crippen LogP contribution in [0.5, 0.6) is 0 Å². The van der Waals surface area contributed by atoms with E-state index in [-0.39, 0.29) is 0 Å². The number of nitrogens with zero attached hydrogens (tertiary/aromatic N) is 1. The summed E-state index contributed by atoms with van der Waals surface area (Å²) in [7, 11) is 1.58. The first-order chi connectivity index (χ1) is 7.15. The fourth-order valence-electron chi connectivity index (χ4n) is 1.02. The third kappa shape index (κ3) is 3.75. The van der Waals surface area contributed by atoms with Crippen molar-refractivity contribution in [2.75, 3.05) is 20.3 Å². The van der Waals surface area contributed by atoms with E-state index in [1.807, 2.05) is 0 Å². The lowest BCUT2D eigenvalue weighted by Gasteiger charge is -2.11. The molecule has 0 aliphatic rings. The highest BCUT2D eigenvalue weighted by Gasteiger charge is 2.20. The maximum atomic E-state index is 11.1. The Morgan fingerprint density at radius 3 is 3.07 bits per heavy atom. The fraction of sp³-hybridized carbons (Fsp3) is 0.500. The molecule has 15 heavy (non-hydrogen) atoms. The molecule has 3 N–H and O–H groups in total. The Morgan fingerprint density at radius 1 is 1.87 bits per heavy atom. The highest BCUT2D eigenvalue weighted by Crippen LogP contribution is 2.23. The molecule has 0 saturated carbocycles. The molecular formula is C8H12ClN3O2S. The summed E-state index contributed by atoms with van der Waals surface area (Å²) in [6, 6.07) is -0.599. The third-order valence-corrected chi connectivity index (χ3v) is 2.86. The number of hydrogen-bond acceptors (Lipinski definition) is 5. The molecule has 0 aliphatic carbocycles. The number of aromatic nitrogens is 1. The summed E-state index contributed by atoms with van der Waals surface area (Å²) in [5.41, 5.74) is 5.24. The number of halogens is 1. The second-order valence-electron chi connectivity index (χ2n) is 2.78. The number of nitrogens with two attached hydrogens (primary N) is 1. The molecule has 0 bridgehead atoms. The average Bonchev–Trinajstić information content (AvgIpc) is 2.59. The van der Waals surface area contributed by atoms with Gasteiger partial charge in [0, 0.05) is 13.7 Å². The van der Waals surface area contributed by atoms with E-state index in [4.69, 9.17) is 22.1 Å². The van der Waals surface area contributed by atoms with Crippen molar-refractivity contribution < 1.29 is 9.53 Å². The molecule has 1 aromatic rings. The molecule has 0 saturated heterocycles. The van der Waals surface area contributed by atoms with Crippen LogP contribution in [0.3, 0.4) is 0 Å². The van der Waals surface area contributed by atoms with Crippen LogP contribution in [0.1, 0.15) is 11.0 Å². The van der Waals surface area contributed by atoms with Crippen LogP contribution in [-0.4, -0.2) is 31.2 Å². The molecule has 1 amide bonds. The lowest BCUT2D eigenvalue weighted by molar-refractivity contribution is -0.120. The first-order valence-electron chi connectivity index (χ1n) is 4.28. The summed E-state index contributed by atoms with van der Waals surface area (Å²) in [5.74, 6) is -0.475. The topological polar surface area (TPSA) is 77.2 Å². The third-order valence-electron chi connectivity index (χ3n) is 1.68. The van der Waals surface area contributed by atoms with Crippen molar-refractivity contribution in [3.8, 4) is 0 Å². The molecule has 0 spiro atoms. The van der Waals surface area contributed by atoms with E-state index in [9.17, 15) is 4.79 Å². The standard InChI is InChI=1S/C8H12ClN3O2S/c1-14-3-2-11-6(7(10)13)8-12-4-5(9)15-8/h4,6,11H,2-3H2,1H3,(H2,10,13). The van der Waals surface area contributed by atoms with Gasteiger partial charge in [-0.3, -0.25) is 10.1 Å². The molecule has 0 aliphatic heterocycles. The molecular weight excluding hydrogens is 238 g/mol. The number of rotatable bonds is 6. The van der Waals surface area contributed by atoms with Crippen molar-refractivity contribution in [2.24, 2.45) is 5.73 Å². The van der Waals surface area contributed by atoms with Crippen LogP contribution in [0.25, 0.3) is 0 Å². The molecule has 1 unspecified atom stereocenters. The number of amides is 1. The molecule has 1 rings (SSSR count). The minimum Gasteiger partial charge on any atom is -0.383 e. The van der Waals surface area contributed by atoms with Gasteiger partial charge in [-0.1, -0.05) is 11.6 Å². The molecule has 1 heterocycles. The minimum absolute atomic E-state index is 0.475. The Morgan fingerprint density at radius 2 is 2.60 bits per heavy atom. The Balaban J connectivity index is 2.62. The van der Waals surface area contributed by atoms with Crippen LogP contribution in [-0.2, 0) is 9.53 Å². The second-order valence-corrected chi connectivity index (χ2v) is 4.48. The lowest BCUT2D eigenvalue weighted by Crippen LogP contribution is -2.35. The highest BCUT2D eigenvalue weighted by atomic mass is 35.5. The van der Waals surface area contributed by atoms with E-state index in [1.54, 1.807) is 7.11 Å². The maximum absolute atomic E-state index is 11.1. The van der Waals surface area contributed by atoms with Gasteiger partial charge < -0.3 is 10.5 Å². The van der Waals surface area contributed by atoms with E-state index in [0.29, 0.717) is 22.5 Å². The lowest BCUT2D eigenvalue weighted by atomic mass is 10.3. The maximum Gasteiger partial charge on any atom is 0.241 e. The van der Waals surface area contributed by atoms with Gasteiger partial charge in [-0.15, -0.1) is 11.3 Å². The van der Waals surface area contributed by atoms with Gasteiger partial charge >= 0.3 is 0 Å². The van der Waals surface area contributed by atoms with Crippen LogP contribution in [0.2, 0.25) is 4.34 Å². The van der Waals surface area contributed by atoms with E-state index >= 15 is 0 Å². The Bertz CT molecular complexity index is 331. The first-order valence-corrected chi connectivity index (χ1v) is 5.47. The summed E-state index contributed by atoms with van der Waals surface area (Å²) in [4.78, 5) is 15.1. The van der Waals surface area contributed by atoms with Gasteiger partial charge in [0.1, 0.15) is 15.4 Å². The number of carbonyl (C=O) groups excluding carboxylic acids is 1. The summed E-state index contributed by atoms with van der Waals surface area (Å²) in [6.45, 7) is 1.03. The summed E-state index contributed by atoms with van der Waals surface area (Å²) >= 11 is 6.95. The predicted octanol–water partition coefficient (Wildman–Crippen LogP) is 0.559. The van der Waals surface area contributed by atoms with Crippen molar-refractivity contribution in [3.63, 3.8) is 0 Å². The van der Waals surface area contributed by atoms with E-state index in [1.165, 1.54) is 17.5 Å². The van der Waals surface area contributed by atoms with Crippen LogP contribution >= 0.6 is 22.9 Å². The number of carbonyl (C=O) groups is 1. The van der Waals surface area contributed by atoms with E-state index in [0.717, 1.165) is 0 Å². The van der Waals surface area contributed by atoms with Gasteiger partial charge in [0.05, 0.1) is 12.8 Å². The molecule has 0 radical (unpaired) electrons. The largest absolute Gasteiger partial charge is 0.383 e. The molecule has 1 atom stereocenters. The smallest absolute Gasteiger partial charge is 0.241 e. The quantitative estimate of drug-likeness (QED) is 0.723. The normalized spacial score (nSPS) is 12.7. The van der Waals surface area contributed by atoms with Crippen molar-refractivity contribution in [2.45, 2.75) is 6.04 Å². The number of hydrogen-bond donors (Lipinski definition) is 2. The van der Waals surface area contributed by atoms with Gasteiger partial charge in [0.15, 0.2) is 0 Å². The minimum atomic E-state index is -0.599. The second kappa shape index (κ2) is 6.02. The molecule has 5 nitrogen and oxygen atoms in total. The summed E-state index contributed by atoms with van der Waals surface area (Å²) in [5, 5.41) is 3.51. The SMILES string of the molecule is COCCNC(C(N)=O)c1ncc(Cl)s1. The van der Waals surface area contributed by atoms with Gasteiger partial charge in [-0.25, -0.2) is 4.98 Å². The van der Waals surface area contributed by atoms with Crippen molar-refractivity contribution in [3.05, 3.63) is 15.5 Å². The first kappa shape index (κ1) is 12.4. The molecule has 0 aromatic carbocycles. The zero-order chi connectivity index (χ0) is 11.3. The average molecular weight is 250 g/mol. The highest BCUT2D eigenvalue weighted by molar-refractivity contribution is 7.16. The van der Waals surface area contributed by atoms with Crippen LogP contribution in [0.4, 0.5) is 0 Å². The summed E-state index contributed by atoms with van der Waals surface area (Å²) in [6.07, 6.45) is 1.50. The van der Waals surface area contributed by atoms with Crippen molar-refractivity contribution in [1.82, 2.24) is 10.3 Å².